The third kappa shape index (κ3) is 4.21. The minimum atomic E-state index is 0.639. The van der Waals surface area contributed by atoms with Gasteiger partial charge in [-0.3, -0.25) is 0 Å². The van der Waals surface area contributed by atoms with E-state index in [0.717, 1.165) is 23.5 Å². The fourth-order valence-corrected chi connectivity index (χ4v) is 1.23. The summed E-state index contributed by atoms with van der Waals surface area (Å²) in [6.07, 6.45) is 0.875. The van der Waals surface area contributed by atoms with Crippen LogP contribution in [0.15, 0.2) is 18.2 Å². The molecule has 1 rings (SSSR count). The van der Waals surface area contributed by atoms with Gasteiger partial charge in [-0.15, -0.1) is 0 Å². The number of benzene rings is 1. The largest absolute Gasteiger partial charge is 0.497 e. The molecule has 0 aliphatic heterocycles. The zero-order valence-electron chi connectivity index (χ0n) is 9.29. The molecule has 0 unspecified atom stereocenters. The van der Waals surface area contributed by atoms with E-state index in [4.69, 9.17) is 14.2 Å². The van der Waals surface area contributed by atoms with Gasteiger partial charge in [0.05, 0.1) is 13.7 Å². The van der Waals surface area contributed by atoms with Gasteiger partial charge in [0.1, 0.15) is 11.5 Å². The average Bonchev–Trinajstić information content (AvgIpc) is 2.23. The van der Waals surface area contributed by atoms with Crippen molar-refractivity contribution >= 4 is 0 Å². The van der Waals surface area contributed by atoms with Gasteiger partial charge in [-0.1, -0.05) is 0 Å². The lowest BCUT2D eigenvalue weighted by molar-refractivity contribution is 0.172. The molecule has 0 aromatic heterocycles. The summed E-state index contributed by atoms with van der Waals surface area (Å²) in [7, 11) is 3.31. The Balaban J connectivity index is 2.49. The van der Waals surface area contributed by atoms with Crippen LogP contribution < -0.4 is 9.47 Å². The van der Waals surface area contributed by atoms with Gasteiger partial charge in [0.15, 0.2) is 0 Å². The SMILES string of the molecule is [CH2]c1cc(OC)cc(OCCCOC)c1. The normalized spacial score (nSPS) is 10.1. The van der Waals surface area contributed by atoms with Crippen LogP contribution in [0, 0.1) is 6.92 Å². The highest BCUT2D eigenvalue weighted by atomic mass is 16.5. The topological polar surface area (TPSA) is 27.7 Å². The molecule has 15 heavy (non-hydrogen) atoms. The number of hydrogen-bond donors (Lipinski definition) is 0. The van der Waals surface area contributed by atoms with E-state index < -0.39 is 0 Å². The molecular formula is C12H17O3. The van der Waals surface area contributed by atoms with Crippen LogP contribution in [0.2, 0.25) is 0 Å². The first-order valence-electron chi connectivity index (χ1n) is 4.89. The van der Waals surface area contributed by atoms with Gasteiger partial charge in [0.2, 0.25) is 0 Å². The Kier molecular flexibility index (Phi) is 4.98. The molecule has 0 bridgehead atoms. The average molecular weight is 209 g/mol. The van der Waals surface area contributed by atoms with Crippen molar-refractivity contribution in [3.8, 4) is 11.5 Å². The van der Waals surface area contributed by atoms with Crippen molar-refractivity contribution in [1.29, 1.82) is 0 Å². The lowest BCUT2D eigenvalue weighted by Gasteiger charge is -2.08. The van der Waals surface area contributed by atoms with Crippen LogP contribution in [0.5, 0.6) is 11.5 Å². The van der Waals surface area contributed by atoms with Crippen LogP contribution >= 0.6 is 0 Å². The molecular weight excluding hydrogens is 192 g/mol. The van der Waals surface area contributed by atoms with E-state index in [1.807, 2.05) is 18.2 Å². The second-order valence-corrected chi connectivity index (χ2v) is 3.21. The Labute approximate surface area is 91.0 Å². The van der Waals surface area contributed by atoms with Crippen molar-refractivity contribution in [2.24, 2.45) is 0 Å². The van der Waals surface area contributed by atoms with E-state index in [9.17, 15) is 0 Å². The highest BCUT2D eigenvalue weighted by Gasteiger charge is 1.99. The summed E-state index contributed by atoms with van der Waals surface area (Å²) in [6.45, 7) is 5.20. The van der Waals surface area contributed by atoms with Crippen LogP contribution in [0.1, 0.15) is 12.0 Å². The minimum Gasteiger partial charge on any atom is -0.497 e. The molecule has 0 heterocycles. The van der Waals surface area contributed by atoms with Crippen molar-refractivity contribution in [2.45, 2.75) is 6.42 Å². The fraction of sp³-hybridized carbons (Fsp3) is 0.417. The van der Waals surface area contributed by atoms with Gasteiger partial charge < -0.3 is 14.2 Å². The summed E-state index contributed by atoms with van der Waals surface area (Å²) >= 11 is 0. The number of rotatable bonds is 6. The summed E-state index contributed by atoms with van der Waals surface area (Å²) in [5.41, 5.74) is 0.885. The molecule has 1 aromatic rings. The first-order valence-corrected chi connectivity index (χ1v) is 4.89. The van der Waals surface area contributed by atoms with Gasteiger partial charge in [0, 0.05) is 26.2 Å². The molecule has 0 amide bonds. The Morgan fingerprint density at radius 1 is 1.07 bits per heavy atom. The van der Waals surface area contributed by atoms with E-state index in [0.29, 0.717) is 13.2 Å². The molecule has 3 heteroatoms. The molecule has 0 aliphatic rings. The molecule has 0 aliphatic carbocycles. The van der Waals surface area contributed by atoms with Gasteiger partial charge in [-0.05, 0) is 24.6 Å². The van der Waals surface area contributed by atoms with Crippen molar-refractivity contribution in [2.75, 3.05) is 27.4 Å². The molecule has 0 saturated carbocycles. The minimum absolute atomic E-state index is 0.639. The maximum atomic E-state index is 5.53. The van der Waals surface area contributed by atoms with E-state index in [1.165, 1.54) is 0 Å². The molecule has 0 atom stereocenters. The predicted octanol–water partition coefficient (Wildman–Crippen LogP) is 2.29. The Bertz CT molecular complexity index is 297. The number of hydrogen-bond acceptors (Lipinski definition) is 3. The lowest BCUT2D eigenvalue weighted by Crippen LogP contribution is -2.01. The van der Waals surface area contributed by atoms with E-state index in [-0.39, 0.29) is 0 Å². The summed E-state index contributed by atoms with van der Waals surface area (Å²) in [6, 6.07) is 5.60. The second kappa shape index (κ2) is 6.30. The molecule has 0 fully saturated rings. The summed E-state index contributed by atoms with van der Waals surface area (Å²) in [5.74, 6) is 1.56. The third-order valence-electron chi connectivity index (χ3n) is 1.94. The number of ether oxygens (including phenoxy) is 3. The van der Waals surface area contributed by atoms with Crippen LogP contribution in [-0.2, 0) is 4.74 Å². The molecule has 1 aromatic carbocycles. The lowest BCUT2D eigenvalue weighted by atomic mass is 10.2. The monoisotopic (exact) mass is 209 g/mol. The van der Waals surface area contributed by atoms with E-state index in [1.54, 1.807) is 14.2 Å². The maximum absolute atomic E-state index is 5.53. The maximum Gasteiger partial charge on any atom is 0.123 e. The molecule has 0 N–H and O–H groups in total. The third-order valence-corrected chi connectivity index (χ3v) is 1.94. The summed E-state index contributed by atoms with van der Waals surface area (Å²) < 4.78 is 15.6. The quantitative estimate of drug-likeness (QED) is 0.673. The Morgan fingerprint density at radius 2 is 1.80 bits per heavy atom. The van der Waals surface area contributed by atoms with Crippen LogP contribution in [0.25, 0.3) is 0 Å². The molecule has 1 radical (unpaired) electrons. The van der Waals surface area contributed by atoms with Crippen molar-refractivity contribution in [3.63, 3.8) is 0 Å². The molecule has 0 spiro atoms. The smallest absolute Gasteiger partial charge is 0.123 e. The van der Waals surface area contributed by atoms with Crippen LogP contribution in [0.3, 0.4) is 0 Å². The van der Waals surface area contributed by atoms with E-state index in [2.05, 4.69) is 6.92 Å². The van der Waals surface area contributed by atoms with Gasteiger partial charge >= 0.3 is 0 Å². The fourth-order valence-electron chi connectivity index (χ4n) is 1.23. The zero-order valence-corrected chi connectivity index (χ0v) is 9.29. The molecule has 83 valence electrons. The van der Waals surface area contributed by atoms with Crippen molar-refractivity contribution < 1.29 is 14.2 Å². The summed E-state index contributed by atoms with van der Waals surface area (Å²) in [4.78, 5) is 0. The van der Waals surface area contributed by atoms with Gasteiger partial charge in [0.25, 0.3) is 0 Å². The van der Waals surface area contributed by atoms with Crippen molar-refractivity contribution in [3.05, 3.63) is 30.7 Å². The molecule has 3 nitrogen and oxygen atoms in total. The van der Waals surface area contributed by atoms with Crippen LogP contribution in [0.4, 0.5) is 0 Å². The van der Waals surface area contributed by atoms with E-state index >= 15 is 0 Å². The Hall–Kier alpha value is -1.22. The van der Waals surface area contributed by atoms with Crippen LogP contribution in [-0.4, -0.2) is 27.4 Å². The highest BCUT2D eigenvalue weighted by Crippen LogP contribution is 2.22. The van der Waals surface area contributed by atoms with Crippen molar-refractivity contribution in [1.82, 2.24) is 0 Å². The second-order valence-electron chi connectivity index (χ2n) is 3.21. The summed E-state index contributed by atoms with van der Waals surface area (Å²) in [5, 5.41) is 0. The zero-order chi connectivity index (χ0) is 11.1. The first-order chi connectivity index (χ1) is 7.26. The predicted molar refractivity (Wildman–Crippen MR) is 59.4 cm³/mol. The Morgan fingerprint density at radius 3 is 2.47 bits per heavy atom. The van der Waals surface area contributed by atoms with Gasteiger partial charge in [-0.25, -0.2) is 0 Å². The standard InChI is InChI=1S/C12H17O3/c1-10-7-11(14-3)9-12(8-10)15-6-4-5-13-2/h7-9H,1,4-6H2,2-3H3. The first kappa shape index (κ1) is 11.9. The van der Waals surface area contributed by atoms with Gasteiger partial charge in [-0.2, -0.15) is 0 Å². The highest BCUT2D eigenvalue weighted by molar-refractivity contribution is 5.39. The molecule has 0 saturated heterocycles. The number of methoxy groups -OCH3 is 2.